The van der Waals surface area contributed by atoms with Crippen molar-refractivity contribution < 1.29 is 18.0 Å². The molecular weight excluding hydrogens is 301 g/mol. The molecule has 0 radical (unpaired) electrons. The van der Waals surface area contributed by atoms with Crippen molar-refractivity contribution in [2.75, 3.05) is 4.72 Å². The van der Waals surface area contributed by atoms with Gasteiger partial charge in [0.15, 0.2) is 5.84 Å². The van der Waals surface area contributed by atoms with E-state index in [0.29, 0.717) is 0 Å². The van der Waals surface area contributed by atoms with E-state index in [-0.39, 0.29) is 16.1 Å². The van der Waals surface area contributed by atoms with Crippen molar-refractivity contribution >= 4 is 21.5 Å². The number of nitrogens with two attached hydrogens (primary N) is 1. The third-order valence-corrected chi connectivity index (χ3v) is 3.93. The van der Waals surface area contributed by atoms with Crippen LogP contribution in [0.25, 0.3) is 0 Å². The quantitative estimate of drug-likeness (QED) is 0.327. The molecule has 112 valence electrons. The molecule has 10 heteroatoms. The first-order chi connectivity index (χ1) is 9.85. The van der Waals surface area contributed by atoms with Gasteiger partial charge in [0.2, 0.25) is 0 Å². The summed E-state index contributed by atoms with van der Waals surface area (Å²) in [6.45, 7) is 0. The molecule has 1 aromatic heterocycles. The number of anilines is 1. The predicted octanol–water partition coefficient (Wildman–Crippen LogP) is 0.454. The zero-order valence-corrected chi connectivity index (χ0v) is 11.7. The van der Waals surface area contributed by atoms with Crippen LogP contribution >= 0.6 is 0 Å². The summed E-state index contributed by atoms with van der Waals surface area (Å²) in [4.78, 5) is -0.0975. The smallest absolute Gasteiger partial charge is 0.265 e. The molecule has 2 aromatic rings. The van der Waals surface area contributed by atoms with Crippen LogP contribution in [0.1, 0.15) is 5.56 Å². The van der Waals surface area contributed by atoms with Crippen molar-refractivity contribution in [1.82, 2.24) is 9.78 Å². The summed E-state index contributed by atoms with van der Waals surface area (Å²) >= 11 is 0. The first-order valence-corrected chi connectivity index (χ1v) is 7.11. The van der Waals surface area contributed by atoms with Crippen molar-refractivity contribution in [1.29, 1.82) is 0 Å². The number of sulfonamides is 1. The minimum absolute atomic E-state index is 0.0975. The van der Waals surface area contributed by atoms with Crippen LogP contribution in [-0.4, -0.2) is 29.2 Å². The summed E-state index contributed by atoms with van der Waals surface area (Å²) in [5, 5.41) is 15.1. The molecule has 0 unspecified atom stereocenters. The van der Waals surface area contributed by atoms with Crippen LogP contribution in [-0.2, 0) is 17.1 Å². The Morgan fingerprint density at radius 3 is 2.81 bits per heavy atom. The lowest BCUT2D eigenvalue weighted by atomic mass is 10.1. The Hall–Kier alpha value is -2.62. The van der Waals surface area contributed by atoms with Gasteiger partial charge in [-0.15, -0.1) is 0 Å². The molecule has 4 N–H and O–H groups in total. The number of aryl methyl sites for hydroxylation is 1. The average Bonchev–Trinajstić information content (AvgIpc) is 2.85. The van der Waals surface area contributed by atoms with E-state index in [2.05, 4.69) is 15.0 Å². The van der Waals surface area contributed by atoms with Crippen molar-refractivity contribution in [3.8, 4) is 0 Å². The zero-order chi connectivity index (χ0) is 15.6. The monoisotopic (exact) mass is 313 g/mol. The number of amidine groups is 1. The summed E-state index contributed by atoms with van der Waals surface area (Å²) in [6, 6.07) is 3.66. The van der Waals surface area contributed by atoms with Gasteiger partial charge >= 0.3 is 0 Å². The summed E-state index contributed by atoms with van der Waals surface area (Å²) in [7, 11) is -2.41. The van der Waals surface area contributed by atoms with Gasteiger partial charge in [-0.3, -0.25) is 9.40 Å². The average molecular weight is 313 g/mol. The van der Waals surface area contributed by atoms with E-state index in [4.69, 9.17) is 10.9 Å². The van der Waals surface area contributed by atoms with Crippen LogP contribution < -0.4 is 10.5 Å². The Kier molecular flexibility index (Phi) is 3.80. The van der Waals surface area contributed by atoms with Crippen LogP contribution in [0.2, 0.25) is 0 Å². The topological polar surface area (TPSA) is 123 Å². The van der Waals surface area contributed by atoms with Gasteiger partial charge in [-0.2, -0.15) is 5.10 Å². The highest BCUT2D eigenvalue weighted by molar-refractivity contribution is 7.92. The number of nitrogens with zero attached hydrogens (tertiary/aromatic N) is 3. The first kappa shape index (κ1) is 14.8. The number of nitrogens with one attached hydrogen (secondary N) is 1. The lowest BCUT2D eigenvalue weighted by Gasteiger charge is -2.11. The Balaban J connectivity index is 2.47. The van der Waals surface area contributed by atoms with Gasteiger partial charge in [-0.25, -0.2) is 12.8 Å². The van der Waals surface area contributed by atoms with Gasteiger partial charge in [0, 0.05) is 13.2 Å². The molecule has 0 spiro atoms. The maximum absolute atomic E-state index is 13.7. The molecule has 0 bridgehead atoms. The second-order valence-corrected chi connectivity index (χ2v) is 5.79. The van der Waals surface area contributed by atoms with E-state index in [1.54, 1.807) is 7.05 Å². The van der Waals surface area contributed by atoms with Gasteiger partial charge in [0.05, 0.1) is 17.4 Å². The maximum atomic E-state index is 13.7. The molecule has 0 fully saturated rings. The molecule has 0 aliphatic carbocycles. The minimum atomic E-state index is -3.97. The number of benzene rings is 1. The third-order valence-electron chi connectivity index (χ3n) is 2.61. The zero-order valence-electron chi connectivity index (χ0n) is 10.9. The van der Waals surface area contributed by atoms with E-state index in [1.165, 1.54) is 23.0 Å². The Labute approximate surface area is 119 Å². The fraction of sp³-hybridized carbons (Fsp3) is 0.0909. The summed E-state index contributed by atoms with van der Waals surface area (Å²) < 4.78 is 41.6. The van der Waals surface area contributed by atoms with Crippen molar-refractivity contribution in [3.05, 3.63) is 42.0 Å². The fourth-order valence-electron chi connectivity index (χ4n) is 1.66. The molecular formula is C11H12FN5O3S. The summed E-state index contributed by atoms with van der Waals surface area (Å²) in [6.07, 6.45) is 2.43. The van der Waals surface area contributed by atoms with Crippen LogP contribution in [0, 0.1) is 5.82 Å². The molecule has 0 aliphatic heterocycles. The van der Waals surface area contributed by atoms with E-state index in [9.17, 15) is 12.8 Å². The van der Waals surface area contributed by atoms with E-state index >= 15 is 0 Å². The minimum Gasteiger partial charge on any atom is -0.409 e. The second kappa shape index (κ2) is 5.40. The van der Waals surface area contributed by atoms with Crippen molar-refractivity contribution in [3.63, 3.8) is 0 Å². The largest absolute Gasteiger partial charge is 0.409 e. The summed E-state index contributed by atoms with van der Waals surface area (Å²) in [5.41, 5.74) is 4.88. The molecule has 0 aliphatic rings. The molecule has 0 saturated carbocycles. The van der Waals surface area contributed by atoms with Crippen LogP contribution in [0.15, 0.2) is 40.6 Å². The second-order valence-electron chi connectivity index (χ2n) is 4.10. The molecule has 2 rings (SSSR count). The molecule has 21 heavy (non-hydrogen) atoms. The van der Waals surface area contributed by atoms with Crippen molar-refractivity contribution in [2.24, 2.45) is 17.9 Å². The van der Waals surface area contributed by atoms with E-state index in [1.807, 2.05) is 0 Å². The number of halogens is 1. The first-order valence-electron chi connectivity index (χ1n) is 5.63. The number of hydrogen-bond donors (Lipinski definition) is 3. The number of oxime groups is 1. The van der Waals surface area contributed by atoms with Gasteiger partial charge < -0.3 is 10.9 Å². The van der Waals surface area contributed by atoms with Crippen LogP contribution in [0.5, 0.6) is 0 Å². The van der Waals surface area contributed by atoms with E-state index < -0.39 is 21.7 Å². The lowest BCUT2D eigenvalue weighted by Crippen LogP contribution is -2.20. The van der Waals surface area contributed by atoms with Gasteiger partial charge in [-0.05, 0) is 12.1 Å². The Bertz CT molecular complexity index is 800. The van der Waals surface area contributed by atoms with Gasteiger partial charge in [0.25, 0.3) is 10.0 Å². The standard InChI is InChI=1S/C11H12FN5O3S/c1-17-6-7(5-14-17)21(19,20)16-9-4-2-3-8(12)10(9)11(13)15-18/h2-6,16,18H,1H3,(H2,13,15). The number of hydrogen-bond acceptors (Lipinski definition) is 5. The molecule has 0 saturated heterocycles. The van der Waals surface area contributed by atoms with Crippen molar-refractivity contribution in [2.45, 2.75) is 4.90 Å². The third kappa shape index (κ3) is 2.94. The van der Waals surface area contributed by atoms with E-state index in [0.717, 1.165) is 12.3 Å². The number of aromatic nitrogens is 2. The van der Waals surface area contributed by atoms with Crippen LogP contribution in [0.3, 0.4) is 0 Å². The van der Waals surface area contributed by atoms with Crippen LogP contribution in [0.4, 0.5) is 10.1 Å². The predicted molar refractivity (Wildman–Crippen MR) is 72.9 cm³/mol. The number of rotatable bonds is 4. The molecule has 1 heterocycles. The highest BCUT2D eigenvalue weighted by atomic mass is 32.2. The summed E-state index contributed by atoms with van der Waals surface area (Å²) in [5.74, 6) is -1.37. The highest BCUT2D eigenvalue weighted by Crippen LogP contribution is 2.22. The molecule has 0 amide bonds. The lowest BCUT2D eigenvalue weighted by molar-refractivity contribution is 0.318. The molecule has 1 aromatic carbocycles. The Morgan fingerprint density at radius 1 is 1.52 bits per heavy atom. The Morgan fingerprint density at radius 2 is 2.24 bits per heavy atom. The van der Waals surface area contributed by atoms with Gasteiger partial charge in [-0.1, -0.05) is 11.2 Å². The van der Waals surface area contributed by atoms with Gasteiger partial charge in [0.1, 0.15) is 10.7 Å². The fourth-order valence-corrected chi connectivity index (χ4v) is 2.72. The maximum Gasteiger partial charge on any atom is 0.265 e. The SMILES string of the molecule is Cn1cc(S(=O)(=O)Nc2cccc(F)c2C(N)=NO)cn1. The normalized spacial score (nSPS) is 12.4. The highest BCUT2D eigenvalue weighted by Gasteiger charge is 2.20. The molecule has 8 nitrogen and oxygen atoms in total. The molecule has 0 atom stereocenters.